The van der Waals surface area contributed by atoms with Crippen LogP contribution in [0.3, 0.4) is 0 Å². The van der Waals surface area contributed by atoms with E-state index >= 15 is 0 Å². The van der Waals surface area contributed by atoms with Crippen LogP contribution in [-0.4, -0.2) is 29.5 Å². The molecule has 1 heterocycles. The standard InChI is InChI=1S/C24H31ClN4O/c1-4-26-24-27-14-20(13-18(3)21-11-10-17(2)12-22(21)25)23(28-24)29(16-30)15-19-8-6-5-7-9-19/h10-14,16,19H,4-9,15H2,1-3H3,(H,26,27,28)/b18-13+. The van der Waals surface area contributed by atoms with Gasteiger partial charge in [-0.1, -0.05) is 43.0 Å². The lowest BCUT2D eigenvalue weighted by Crippen LogP contribution is -2.31. The summed E-state index contributed by atoms with van der Waals surface area (Å²) in [4.78, 5) is 22.9. The fourth-order valence-corrected chi connectivity index (χ4v) is 4.42. The molecular formula is C24H31ClN4O. The molecule has 1 aliphatic rings. The Balaban J connectivity index is 1.97. The van der Waals surface area contributed by atoms with Crippen LogP contribution >= 0.6 is 11.6 Å². The number of nitrogens with one attached hydrogen (secondary N) is 1. The molecule has 6 heteroatoms. The van der Waals surface area contributed by atoms with Crippen LogP contribution in [0.1, 0.15) is 62.6 Å². The number of allylic oxidation sites excluding steroid dienone is 1. The number of rotatable bonds is 8. The molecule has 0 atom stereocenters. The topological polar surface area (TPSA) is 58.1 Å². The number of anilines is 2. The van der Waals surface area contributed by atoms with E-state index in [4.69, 9.17) is 11.6 Å². The number of hydrogen-bond acceptors (Lipinski definition) is 4. The zero-order valence-electron chi connectivity index (χ0n) is 18.1. The summed E-state index contributed by atoms with van der Waals surface area (Å²) in [6, 6.07) is 6.03. The van der Waals surface area contributed by atoms with Gasteiger partial charge in [0, 0.05) is 29.9 Å². The first-order chi connectivity index (χ1) is 14.5. The van der Waals surface area contributed by atoms with Crippen molar-refractivity contribution in [2.75, 3.05) is 23.3 Å². The van der Waals surface area contributed by atoms with Crippen LogP contribution in [0, 0.1) is 12.8 Å². The maximum atomic E-state index is 12.1. The second-order valence-electron chi connectivity index (χ2n) is 8.08. The predicted octanol–water partition coefficient (Wildman–Crippen LogP) is 5.97. The number of amides is 1. The van der Waals surface area contributed by atoms with E-state index in [9.17, 15) is 4.79 Å². The molecule has 0 bridgehead atoms. The van der Waals surface area contributed by atoms with E-state index in [-0.39, 0.29) is 0 Å². The third-order valence-corrected chi connectivity index (χ3v) is 5.94. The molecule has 1 N–H and O–H groups in total. The van der Waals surface area contributed by atoms with Gasteiger partial charge < -0.3 is 5.32 Å². The van der Waals surface area contributed by atoms with Gasteiger partial charge in [0.15, 0.2) is 0 Å². The van der Waals surface area contributed by atoms with E-state index in [1.54, 1.807) is 11.1 Å². The molecule has 1 saturated carbocycles. The van der Waals surface area contributed by atoms with E-state index in [1.165, 1.54) is 32.1 Å². The molecule has 0 unspecified atom stereocenters. The van der Waals surface area contributed by atoms with Crippen LogP contribution in [0.25, 0.3) is 11.6 Å². The third-order valence-electron chi connectivity index (χ3n) is 5.63. The monoisotopic (exact) mass is 426 g/mol. The SMILES string of the molecule is CCNc1ncc(/C=C(\C)c2ccc(C)cc2Cl)c(N(C=O)CC2CCCCC2)n1. The van der Waals surface area contributed by atoms with Crippen LogP contribution < -0.4 is 10.2 Å². The quantitative estimate of drug-likeness (QED) is 0.528. The Bertz CT molecular complexity index is 906. The van der Waals surface area contributed by atoms with Crippen molar-refractivity contribution in [3.8, 4) is 0 Å². The fourth-order valence-electron chi connectivity index (χ4n) is 4.04. The molecule has 1 aromatic carbocycles. The number of benzene rings is 1. The molecule has 0 spiro atoms. The largest absolute Gasteiger partial charge is 0.354 e. The smallest absolute Gasteiger partial charge is 0.224 e. The lowest BCUT2D eigenvalue weighted by atomic mass is 9.89. The Hall–Kier alpha value is -2.40. The average Bonchev–Trinajstić information content (AvgIpc) is 2.74. The van der Waals surface area contributed by atoms with Crippen molar-refractivity contribution in [3.05, 3.63) is 46.1 Å². The molecule has 1 aliphatic carbocycles. The highest BCUT2D eigenvalue weighted by atomic mass is 35.5. The second kappa shape index (κ2) is 10.6. The summed E-state index contributed by atoms with van der Waals surface area (Å²) in [5.74, 6) is 1.70. The zero-order chi connectivity index (χ0) is 21.5. The van der Waals surface area contributed by atoms with Crippen LogP contribution in [0.15, 0.2) is 24.4 Å². The number of aromatic nitrogens is 2. The van der Waals surface area contributed by atoms with Gasteiger partial charge in [0.05, 0.1) is 0 Å². The predicted molar refractivity (Wildman–Crippen MR) is 126 cm³/mol. The van der Waals surface area contributed by atoms with Gasteiger partial charge in [-0.2, -0.15) is 4.98 Å². The molecule has 0 aliphatic heterocycles. The van der Waals surface area contributed by atoms with Gasteiger partial charge in [0.25, 0.3) is 0 Å². The number of hydrogen-bond donors (Lipinski definition) is 1. The summed E-state index contributed by atoms with van der Waals surface area (Å²) in [5, 5.41) is 3.86. The first kappa shape index (κ1) is 22.3. The summed E-state index contributed by atoms with van der Waals surface area (Å²) in [7, 11) is 0. The number of nitrogens with zero attached hydrogens (tertiary/aromatic N) is 3. The van der Waals surface area contributed by atoms with Gasteiger partial charge in [-0.3, -0.25) is 9.69 Å². The summed E-state index contributed by atoms with van der Waals surface area (Å²) in [5.41, 5.74) is 3.90. The highest BCUT2D eigenvalue weighted by Gasteiger charge is 2.20. The summed E-state index contributed by atoms with van der Waals surface area (Å²) < 4.78 is 0. The molecule has 2 aromatic rings. The van der Waals surface area contributed by atoms with Gasteiger partial charge in [-0.05, 0) is 68.4 Å². The number of halogens is 1. The Labute approximate surface area is 184 Å². The zero-order valence-corrected chi connectivity index (χ0v) is 18.9. The normalized spacial score (nSPS) is 15.1. The highest BCUT2D eigenvalue weighted by molar-refractivity contribution is 6.32. The van der Waals surface area contributed by atoms with Gasteiger partial charge in [0.2, 0.25) is 12.4 Å². The maximum Gasteiger partial charge on any atom is 0.224 e. The molecule has 1 fully saturated rings. The van der Waals surface area contributed by atoms with Crippen LogP contribution in [-0.2, 0) is 4.79 Å². The summed E-state index contributed by atoms with van der Waals surface area (Å²) in [6.45, 7) is 7.45. The van der Waals surface area contributed by atoms with E-state index < -0.39 is 0 Å². The lowest BCUT2D eigenvalue weighted by Gasteiger charge is -2.27. The molecule has 5 nitrogen and oxygen atoms in total. The van der Waals surface area contributed by atoms with E-state index in [0.29, 0.717) is 29.3 Å². The maximum absolute atomic E-state index is 12.1. The Morgan fingerprint density at radius 2 is 2.07 bits per heavy atom. The first-order valence-electron chi connectivity index (χ1n) is 10.8. The average molecular weight is 427 g/mol. The Morgan fingerprint density at radius 1 is 1.30 bits per heavy atom. The van der Waals surface area contributed by atoms with Crippen molar-refractivity contribution in [2.24, 2.45) is 5.92 Å². The van der Waals surface area contributed by atoms with Crippen LogP contribution in [0.4, 0.5) is 11.8 Å². The molecular weight excluding hydrogens is 396 g/mol. The van der Waals surface area contributed by atoms with Crippen molar-refractivity contribution < 1.29 is 4.79 Å². The number of carbonyl (C=O) groups excluding carboxylic acids is 1. The minimum absolute atomic E-state index is 0.519. The Kier molecular flexibility index (Phi) is 7.86. The molecule has 0 saturated heterocycles. The van der Waals surface area contributed by atoms with Crippen LogP contribution in [0.5, 0.6) is 0 Å². The van der Waals surface area contributed by atoms with Crippen molar-refractivity contribution in [2.45, 2.75) is 52.9 Å². The third kappa shape index (κ3) is 5.60. The highest BCUT2D eigenvalue weighted by Crippen LogP contribution is 2.30. The van der Waals surface area contributed by atoms with E-state index in [2.05, 4.69) is 15.3 Å². The molecule has 0 radical (unpaired) electrons. The summed E-state index contributed by atoms with van der Waals surface area (Å²) in [6.07, 6.45) is 10.8. The van der Waals surface area contributed by atoms with E-state index in [1.807, 2.05) is 45.0 Å². The lowest BCUT2D eigenvalue weighted by molar-refractivity contribution is -0.107. The fraction of sp³-hybridized carbons (Fsp3) is 0.458. The Morgan fingerprint density at radius 3 is 2.73 bits per heavy atom. The summed E-state index contributed by atoms with van der Waals surface area (Å²) >= 11 is 6.47. The van der Waals surface area contributed by atoms with Crippen LogP contribution in [0.2, 0.25) is 5.02 Å². The number of carbonyl (C=O) groups is 1. The number of aryl methyl sites for hydroxylation is 1. The van der Waals surface area contributed by atoms with Crippen molar-refractivity contribution >= 4 is 41.4 Å². The van der Waals surface area contributed by atoms with Gasteiger partial charge >= 0.3 is 0 Å². The van der Waals surface area contributed by atoms with Crippen molar-refractivity contribution in [1.82, 2.24) is 9.97 Å². The first-order valence-corrected chi connectivity index (χ1v) is 11.2. The van der Waals surface area contributed by atoms with Crippen molar-refractivity contribution in [1.29, 1.82) is 0 Å². The van der Waals surface area contributed by atoms with Gasteiger partial charge in [-0.25, -0.2) is 4.98 Å². The molecule has 1 amide bonds. The minimum atomic E-state index is 0.519. The van der Waals surface area contributed by atoms with Crippen molar-refractivity contribution in [3.63, 3.8) is 0 Å². The van der Waals surface area contributed by atoms with Gasteiger partial charge in [0.1, 0.15) is 5.82 Å². The molecule has 160 valence electrons. The van der Waals surface area contributed by atoms with E-state index in [0.717, 1.165) is 35.2 Å². The molecule has 3 rings (SSSR count). The molecule has 1 aromatic heterocycles. The minimum Gasteiger partial charge on any atom is -0.354 e. The van der Waals surface area contributed by atoms with Gasteiger partial charge in [-0.15, -0.1) is 0 Å². The molecule has 30 heavy (non-hydrogen) atoms. The second-order valence-corrected chi connectivity index (χ2v) is 8.48.